The quantitative estimate of drug-likeness (QED) is 0.783. The van der Waals surface area contributed by atoms with Crippen LogP contribution in [0, 0.1) is 17.2 Å². The van der Waals surface area contributed by atoms with Crippen LogP contribution < -0.4 is 0 Å². The number of rotatable bonds is 4. The molecule has 1 atom stereocenters. The van der Waals surface area contributed by atoms with Gasteiger partial charge in [0.2, 0.25) is 0 Å². The van der Waals surface area contributed by atoms with Gasteiger partial charge in [0, 0.05) is 6.04 Å². The van der Waals surface area contributed by atoms with Crippen molar-refractivity contribution in [3.63, 3.8) is 0 Å². The Morgan fingerprint density at radius 1 is 1.42 bits per heavy atom. The maximum Gasteiger partial charge on any atom is 0.125 e. The summed E-state index contributed by atoms with van der Waals surface area (Å²) in [5.41, 5.74) is 2.58. The second-order valence-corrected chi connectivity index (χ2v) is 5.33. The fourth-order valence-corrected chi connectivity index (χ4v) is 2.82. The Hall–Kier alpha value is -1.53. The van der Waals surface area contributed by atoms with Crippen LogP contribution in [0.2, 0.25) is 0 Å². The molecule has 0 bridgehead atoms. The van der Waals surface area contributed by atoms with E-state index in [2.05, 4.69) is 36.4 Å². The lowest BCUT2D eigenvalue weighted by atomic mass is 10.0. The zero-order valence-electron chi connectivity index (χ0n) is 11.5. The van der Waals surface area contributed by atoms with Crippen molar-refractivity contribution in [3.8, 4) is 6.07 Å². The van der Waals surface area contributed by atoms with Gasteiger partial charge >= 0.3 is 0 Å². The highest BCUT2D eigenvalue weighted by Gasteiger charge is 2.20. The number of alkyl halides is 1. The largest absolute Gasteiger partial charge is 0.324 e. The first-order valence-electron chi connectivity index (χ1n) is 6.59. The van der Waals surface area contributed by atoms with E-state index in [9.17, 15) is 0 Å². The van der Waals surface area contributed by atoms with Gasteiger partial charge in [-0.05, 0) is 30.5 Å². The van der Waals surface area contributed by atoms with Gasteiger partial charge in [0.1, 0.15) is 5.82 Å². The zero-order valence-corrected chi connectivity index (χ0v) is 12.3. The van der Waals surface area contributed by atoms with Crippen LogP contribution in [0.1, 0.15) is 44.6 Å². The molecule has 0 saturated heterocycles. The molecule has 0 radical (unpaired) electrons. The minimum atomic E-state index is 0.354. The van der Waals surface area contributed by atoms with Crippen molar-refractivity contribution in [1.82, 2.24) is 9.55 Å². The summed E-state index contributed by atoms with van der Waals surface area (Å²) in [6, 6.07) is 8.14. The second kappa shape index (κ2) is 5.63. The molecule has 1 heterocycles. The van der Waals surface area contributed by atoms with Crippen LogP contribution in [0.4, 0.5) is 0 Å². The van der Waals surface area contributed by atoms with Crippen LogP contribution in [0.5, 0.6) is 0 Å². The Balaban J connectivity index is 2.71. The standard InChI is InChI=1S/C15H18ClN3/c1-4-13(10(2)3)19-14-7-11(9-17)5-6-12(14)18-15(19)8-16/h5-7,10,13H,4,8H2,1-3H3. The molecular weight excluding hydrogens is 258 g/mol. The van der Waals surface area contributed by atoms with Crippen molar-refractivity contribution in [2.24, 2.45) is 5.92 Å². The van der Waals surface area contributed by atoms with Crippen molar-refractivity contribution in [1.29, 1.82) is 5.26 Å². The number of imidazole rings is 1. The lowest BCUT2D eigenvalue weighted by Gasteiger charge is -2.23. The Kier molecular flexibility index (Phi) is 4.11. The highest BCUT2D eigenvalue weighted by Crippen LogP contribution is 2.29. The molecule has 19 heavy (non-hydrogen) atoms. The molecular formula is C15H18ClN3. The van der Waals surface area contributed by atoms with Gasteiger partial charge in [-0.3, -0.25) is 0 Å². The van der Waals surface area contributed by atoms with Crippen LogP contribution in [-0.2, 0) is 5.88 Å². The molecule has 0 aliphatic heterocycles. The molecule has 1 aromatic heterocycles. The highest BCUT2D eigenvalue weighted by atomic mass is 35.5. The number of hydrogen-bond donors (Lipinski definition) is 0. The third kappa shape index (κ3) is 2.46. The van der Waals surface area contributed by atoms with Gasteiger partial charge in [0.25, 0.3) is 0 Å². The number of nitrogens with zero attached hydrogens (tertiary/aromatic N) is 3. The van der Waals surface area contributed by atoms with E-state index in [4.69, 9.17) is 16.9 Å². The van der Waals surface area contributed by atoms with Crippen molar-refractivity contribution >= 4 is 22.6 Å². The Bertz CT molecular complexity index is 622. The Labute approximate surface area is 118 Å². The van der Waals surface area contributed by atoms with E-state index in [1.165, 1.54) is 0 Å². The number of nitriles is 1. The molecule has 1 aromatic carbocycles. The van der Waals surface area contributed by atoms with Crippen LogP contribution in [0.3, 0.4) is 0 Å². The minimum Gasteiger partial charge on any atom is -0.324 e. The fraction of sp³-hybridized carbons (Fsp3) is 0.467. The average Bonchev–Trinajstić information content (AvgIpc) is 2.77. The first-order valence-corrected chi connectivity index (χ1v) is 7.12. The van der Waals surface area contributed by atoms with Gasteiger partial charge in [-0.15, -0.1) is 11.6 Å². The molecule has 100 valence electrons. The van der Waals surface area contributed by atoms with Gasteiger partial charge < -0.3 is 4.57 Å². The second-order valence-electron chi connectivity index (χ2n) is 5.07. The van der Waals surface area contributed by atoms with E-state index in [1.54, 1.807) is 6.07 Å². The molecule has 2 aromatic rings. The molecule has 4 heteroatoms. The van der Waals surface area contributed by atoms with E-state index < -0.39 is 0 Å². The lowest BCUT2D eigenvalue weighted by molar-refractivity contribution is 0.367. The summed E-state index contributed by atoms with van der Waals surface area (Å²) in [6.45, 7) is 6.57. The smallest absolute Gasteiger partial charge is 0.125 e. The van der Waals surface area contributed by atoms with Crippen LogP contribution in [0.15, 0.2) is 18.2 Å². The van der Waals surface area contributed by atoms with E-state index in [0.29, 0.717) is 23.4 Å². The molecule has 0 aliphatic rings. The zero-order chi connectivity index (χ0) is 14.0. The number of aromatic nitrogens is 2. The van der Waals surface area contributed by atoms with Gasteiger partial charge in [0.05, 0.1) is 28.5 Å². The maximum atomic E-state index is 9.05. The summed E-state index contributed by atoms with van der Waals surface area (Å²) in [4.78, 5) is 4.58. The monoisotopic (exact) mass is 275 g/mol. The topological polar surface area (TPSA) is 41.6 Å². The molecule has 0 N–H and O–H groups in total. The van der Waals surface area contributed by atoms with Gasteiger partial charge in [-0.25, -0.2) is 4.98 Å². The number of halogens is 1. The van der Waals surface area contributed by atoms with Gasteiger partial charge in [0.15, 0.2) is 0 Å². The third-order valence-corrected chi connectivity index (χ3v) is 3.77. The van der Waals surface area contributed by atoms with E-state index in [0.717, 1.165) is 23.3 Å². The number of hydrogen-bond acceptors (Lipinski definition) is 2. The minimum absolute atomic E-state index is 0.354. The number of benzene rings is 1. The SMILES string of the molecule is CCC(C(C)C)n1c(CCl)nc2ccc(C#N)cc21. The normalized spacial score (nSPS) is 12.8. The van der Waals surface area contributed by atoms with Crippen molar-refractivity contribution < 1.29 is 0 Å². The van der Waals surface area contributed by atoms with Crippen molar-refractivity contribution in [2.45, 2.75) is 39.1 Å². The van der Waals surface area contributed by atoms with Gasteiger partial charge in [-0.2, -0.15) is 5.26 Å². The summed E-state index contributed by atoms with van der Waals surface area (Å²) >= 11 is 6.03. The fourth-order valence-electron chi connectivity index (χ4n) is 2.63. The third-order valence-electron chi connectivity index (χ3n) is 3.53. The molecule has 3 nitrogen and oxygen atoms in total. The highest BCUT2D eigenvalue weighted by molar-refractivity contribution is 6.16. The molecule has 1 unspecified atom stereocenters. The molecule has 2 rings (SSSR count). The lowest BCUT2D eigenvalue weighted by Crippen LogP contribution is -2.16. The van der Waals surface area contributed by atoms with Crippen LogP contribution in [-0.4, -0.2) is 9.55 Å². The maximum absolute atomic E-state index is 9.05. The average molecular weight is 276 g/mol. The summed E-state index contributed by atoms with van der Waals surface area (Å²) in [5, 5.41) is 9.05. The first kappa shape index (κ1) is 13.9. The molecule has 0 spiro atoms. The molecule has 0 fully saturated rings. The van der Waals surface area contributed by atoms with E-state index in [-0.39, 0.29) is 0 Å². The molecule has 0 saturated carbocycles. The summed E-state index contributed by atoms with van der Waals surface area (Å²) < 4.78 is 2.20. The predicted molar refractivity (Wildman–Crippen MR) is 78.2 cm³/mol. The van der Waals surface area contributed by atoms with Crippen molar-refractivity contribution in [3.05, 3.63) is 29.6 Å². The summed E-state index contributed by atoms with van der Waals surface area (Å²) in [7, 11) is 0. The predicted octanol–water partition coefficient (Wildman–Crippen LogP) is 4.25. The Morgan fingerprint density at radius 3 is 2.68 bits per heavy atom. The summed E-state index contributed by atoms with van der Waals surface area (Å²) in [6.07, 6.45) is 1.02. The van der Waals surface area contributed by atoms with Crippen LogP contribution >= 0.6 is 11.6 Å². The van der Waals surface area contributed by atoms with Crippen molar-refractivity contribution in [2.75, 3.05) is 0 Å². The number of fused-ring (bicyclic) bond motifs is 1. The van der Waals surface area contributed by atoms with E-state index in [1.807, 2.05) is 12.1 Å². The molecule has 0 aliphatic carbocycles. The Morgan fingerprint density at radius 2 is 2.16 bits per heavy atom. The van der Waals surface area contributed by atoms with Crippen LogP contribution in [0.25, 0.3) is 11.0 Å². The van der Waals surface area contributed by atoms with Gasteiger partial charge in [-0.1, -0.05) is 20.8 Å². The summed E-state index contributed by atoms with van der Waals surface area (Å²) in [5.74, 6) is 1.77. The van der Waals surface area contributed by atoms with E-state index >= 15 is 0 Å². The first-order chi connectivity index (χ1) is 9.12. The molecule has 0 amide bonds.